The number of rotatable bonds is 2. The maximum absolute atomic E-state index is 13.1. The van der Waals surface area contributed by atoms with E-state index in [0.717, 1.165) is 21.1 Å². The molecule has 0 spiro atoms. The van der Waals surface area contributed by atoms with Crippen molar-refractivity contribution in [1.82, 2.24) is 0 Å². The quantitative estimate of drug-likeness (QED) is 0.905. The number of aliphatic hydroxyl groups excluding tert-OH is 1. The van der Waals surface area contributed by atoms with Gasteiger partial charge >= 0.3 is 0 Å². The van der Waals surface area contributed by atoms with E-state index in [0.29, 0.717) is 13.0 Å². The van der Waals surface area contributed by atoms with E-state index in [1.807, 2.05) is 24.3 Å². The number of fused-ring (bicyclic) bond motifs is 1. The van der Waals surface area contributed by atoms with E-state index in [2.05, 4.69) is 0 Å². The van der Waals surface area contributed by atoms with Crippen LogP contribution in [0, 0.1) is 5.82 Å². The van der Waals surface area contributed by atoms with E-state index in [1.165, 1.54) is 23.9 Å². The maximum atomic E-state index is 13.1. The molecular weight excluding hydrogens is 263 g/mol. The van der Waals surface area contributed by atoms with Crippen molar-refractivity contribution in [3.05, 3.63) is 53.8 Å². The van der Waals surface area contributed by atoms with Crippen LogP contribution < -0.4 is 4.74 Å². The van der Waals surface area contributed by atoms with Gasteiger partial charge in [-0.2, -0.15) is 0 Å². The number of ether oxygens (including phenoxy) is 1. The zero-order chi connectivity index (χ0) is 13.2. The summed E-state index contributed by atoms with van der Waals surface area (Å²) in [4.78, 5) is 1.81. The monoisotopic (exact) mass is 276 g/mol. The number of aliphatic hydroxyl groups is 1. The first-order valence-electron chi connectivity index (χ1n) is 6.10. The smallest absolute Gasteiger partial charge is 0.126 e. The molecular formula is C15H13FO2S. The summed E-state index contributed by atoms with van der Waals surface area (Å²) in [6.07, 6.45) is 0.181. The Labute approximate surface area is 115 Å². The van der Waals surface area contributed by atoms with Gasteiger partial charge in [0, 0.05) is 21.8 Å². The highest BCUT2D eigenvalue weighted by atomic mass is 32.2. The van der Waals surface area contributed by atoms with Crippen molar-refractivity contribution < 1.29 is 14.2 Å². The van der Waals surface area contributed by atoms with Gasteiger partial charge in [0.15, 0.2) is 0 Å². The normalized spacial score (nSPS) is 17.7. The van der Waals surface area contributed by atoms with E-state index < -0.39 is 6.10 Å². The molecule has 2 aromatic rings. The second-order valence-corrected chi connectivity index (χ2v) is 5.56. The molecule has 0 aromatic heterocycles. The third-order valence-electron chi connectivity index (χ3n) is 3.02. The van der Waals surface area contributed by atoms with Crippen LogP contribution in [-0.2, 0) is 0 Å². The fraction of sp³-hybridized carbons (Fsp3) is 0.200. The lowest BCUT2D eigenvalue weighted by Crippen LogP contribution is -2.13. The fourth-order valence-electron chi connectivity index (χ4n) is 2.08. The molecule has 0 amide bonds. The van der Waals surface area contributed by atoms with Crippen LogP contribution in [0.15, 0.2) is 52.3 Å². The van der Waals surface area contributed by atoms with E-state index in [-0.39, 0.29) is 5.82 Å². The van der Waals surface area contributed by atoms with Crippen LogP contribution in [0.2, 0.25) is 0 Å². The zero-order valence-electron chi connectivity index (χ0n) is 10.2. The van der Waals surface area contributed by atoms with Crippen LogP contribution in [0.4, 0.5) is 4.39 Å². The molecule has 1 unspecified atom stereocenters. The van der Waals surface area contributed by atoms with Crippen molar-refractivity contribution in [3.63, 3.8) is 0 Å². The van der Waals surface area contributed by atoms with Gasteiger partial charge in [-0.05, 0) is 30.3 Å². The van der Waals surface area contributed by atoms with E-state index in [9.17, 15) is 9.50 Å². The Balaban J connectivity index is 1.86. The van der Waals surface area contributed by atoms with E-state index in [1.54, 1.807) is 6.07 Å². The van der Waals surface area contributed by atoms with Gasteiger partial charge in [-0.1, -0.05) is 23.9 Å². The molecule has 4 heteroatoms. The maximum Gasteiger partial charge on any atom is 0.126 e. The highest BCUT2D eigenvalue weighted by molar-refractivity contribution is 7.99. The van der Waals surface area contributed by atoms with Gasteiger partial charge in [0.25, 0.3) is 0 Å². The molecule has 0 bridgehead atoms. The van der Waals surface area contributed by atoms with Gasteiger partial charge < -0.3 is 9.84 Å². The van der Waals surface area contributed by atoms with E-state index in [4.69, 9.17) is 4.74 Å². The van der Waals surface area contributed by atoms with Crippen LogP contribution in [0.1, 0.15) is 18.1 Å². The Kier molecular flexibility index (Phi) is 3.44. The summed E-state index contributed by atoms with van der Waals surface area (Å²) >= 11 is 1.47. The molecule has 1 aliphatic heterocycles. The number of hydrogen-bond donors (Lipinski definition) is 1. The molecule has 0 fully saturated rings. The topological polar surface area (TPSA) is 29.5 Å². The minimum atomic E-state index is -0.447. The Morgan fingerprint density at radius 2 is 2.00 bits per heavy atom. The van der Waals surface area contributed by atoms with Gasteiger partial charge in [-0.3, -0.25) is 0 Å². The van der Waals surface area contributed by atoms with Crippen LogP contribution in [0.25, 0.3) is 0 Å². The van der Waals surface area contributed by atoms with Crippen LogP contribution in [-0.4, -0.2) is 11.7 Å². The lowest BCUT2D eigenvalue weighted by Gasteiger charge is -2.22. The van der Waals surface area contributed by atoms with Crippen molar-refractivity contribution >= 4 is 11.8 Å². The zero-order valence-corrected chi connectivity index (χ0v) is 11.0. The average molecular weight is 276 g/mol. The summed E-state index contributed by atoms with van der Waals surface area (Å²) in [5.74, 6) is 0.481. The molecule has 0 aliphatic carbocycles. The molecule has 98 valence electrons. The van der Waals surface area contributed by atoms with Gasteiger partial charge in [-0.25, -0.2) is 4.39 Å². The molecule has 1 atom stereocenters. The molecule has 2 aromatic carbocycles. The molecule has 1 heterocycles. The van der Waals surface area contributed by atoms with E-state index >= 15 is 0 Å². The first kappa shape index (κ1) is 12.5. The average Bonchev–Trinajstić information content (AvgIpc) is 2.39. The fourth-order valence-corrected chi connectivity index (χ4v) is 2.97. The molecule has 0 radical (unpaired) electrons. The molecule has 0 saturated carbocycles. The minimum Gasteiger partial charge on any atom is -0.493 e. The first-order chi connectivity index (χ1) is 9.22. The summed E-state index contributed by atoms with van der Waals surface area (Å²) in [6.45, 7) is 0.530. The van der Waals surface area contributed by atoms with Gasteiger partial charge in [0.05, 0.1) is 12.7 Å². The molecule has 3 rings (SSSR count). The first-order valence-corrected chi connectivity index (χ1v) is 6.92. The van der Waals surface area contributed by atoms with Crippen molar-refractivity contribution in [3.8, 4) is 5.75 Å². The van der Waals surface area contributed by atoms with Crippen molar-refractivity contribution in [2.75, 3.05) is 6.61 Å². The largest absolute Gasteiger partial charge is 0.493 e. The predicted octanol–water partition coefficient (Wildman–Crippen LogP) is 3.79. The SMILES string of the molecule is OC1CCOc2cc(Sc3cccc(F)c3)ccc21. The Bertz CT molecular complexity index is 600. The second-order valence-electron chi connectivity index (χ2n) is 4.41. The molecule has 1 N–H and O–H groups in total. The van der Waals surface area contributed by atoms with Crippen molar-refractivity contribution in [2.24, 2.45) is 0 Å². The third kappa shape index (κ3) is 2.74. The molecule has 1 aliphatic rings. The van der Waals surface area contributed by atoms with Crippen LogP contribution >= 0.6 is 11.8 Å². The van der Waals surface area contributed by atoms with Crippen LogP contribution in [0.3, 0.4) is 0 Å². The summed E-state index contributed by atoms with van der Waals surface area (Å²) < 4.78 is 18.7. The lowest BCUT2D eigenvalue weighted by atomic mass is 10.0. The summed E-state index contributed by atoms with van der Waals surface area (Å²) in [7, 11) is 0. The summed E-state index contributed by atoms with van der Waals surface area (Å²) in [5, 5.41) is 9.84. The standard InChI is InChI=1S/C15H13FO2S/c16-10-2-1-3-11(8-10)19-12-4-5-13-14(17)6-7-18-15(13)9-12/h1-5,8-9,14,17H,6-7H2. The molecule has 2 nitrogen and oxygen atoms in total. The lowest BCUT2D eigenvalue weighted by molar-refractivity contribution is 0.115. The van der Waals surface area contributed by atoms with Gasteiger partial charge in [-0.15, -0.1) is 0 Å². The predicted molar refractivity (Wildman–Crippen MR) is 72.0 cm³/mol. The second kappa shape index (κ2) is 5.23. The summed E-state index contributed by atoms with van der Waals surface area (Å²) in [5.41, 5.74) is 0.829. The molecule has 0 saturated heterocycles. The minimum absolute atomic E-state index is 0.241. The van der Waals surface area contributed by atoms with Crippen molar-refractivity contribution in [2.45, 2.75) is 22.3 Å². The number of halogens is 1. The number of benzene rings is 2. The highest BCUT2D eigenvalue weighted by Crippen LogP contribution is 2.37. The number of hydrogen-bond acceptors (Lipinski definition) is 3. The van der Waals surface area contributed by atoms with Gasteiger partial charge in [0.2, 0.25) is 0 Å². The van der Waals surface area contributed by atoms with Crippen LogP contribution in [0.5, 0.6) is 5.75 Å². The third-order valence-corrected chi connectivity index (χ3v) is 4.00. The molecule has 19 heavy (non-hydrogen) atoms. The Hall–Kier alpha value is -1.52. The summed E-state index contributed by atoms with van der Waals surface area (Å²) in [6, 6.07) is 12.2. The highest BCUT2D eigenvalue weighted by Gasteiger charge is 2.19. The Morgan fingerprint density at radius 3 is 2.84 bits per heavy atom. The van der Waals surface area contributed by atoms with Gasteiger partial charge in [0.1, 0.15) is 11.6 Å². The van der Waals surface area contributed by atoms with Crippen molar-refractivity contribution in [1.29, 1.82) is 0 Å². The Morgan fingerprint density at radius 1 is 1.16 bits per heavy atom.